The third kappa shape index (κ3) is 4.28. The van der Waals surface area contributed by atoms with Gasteiger partial charge < -0.3 is 11.1 Å². The second-order valence-electron chi connectivity index (χ2n) is 4.75. The summed E-state index contributed by atoms with van der Waals surface area (Å²) < 4.78 is 0. The monoisotopic (exact) mass is 318 g/mol. The third-order valence-corrected chi connectivity index (χ3v) is 3.52. The van der Waals surface area contributed by atoms with E-state index in [1.165, 1.54) is 0 Å². The van der Waals surface area contributed by atoms with Crippen LogP contribution in [0.25, 0.3) is 0 Å². The van der Waals surface area contributed by atoms with Gasteiger partial charge in [-0.25, -0.2) is 0 Å². The molecular weight excluding hydrogens is 304 g/mol. The molecule has 5 heteroatoms. The number of benzene rings is 2. The van der Waals surface area contributed by atoms with Gasteiger partial charge in [0.05, 0.1) is 6.42 Å². The predicted molar refractivity (Wildman–Crippen MR) is 90.9 cm³/mol. The quantitative estimate of drug-likeness (QED) is 0.849. The Morgan fingerprint density at radius 3 is 2.71 bits per heavy atom. The van der Waals surface area contributed by atoms with Gasteiger partial charge in [-0.05, 0) is 36.2 Å². The van der Waals surface area contributed by atoms with E-state index in [9.17, 15) is 4.79 Å². The molecule has 0 heterocycles. The van der Waals surface area contributed by atoms with Crippen molar-refractivity contribution in [2.24, 2.45) is 5.73 Å². The number of thiocarbonyl (C=S) groups is 1. The van der Waals surface area contributed by atoms with Crippen molar-refractivity contribution < 1.29 is 4.79 Å². The van der Waals surface area contributed by atoms with Gasteiger partial charge in [-0.3, -0.25) is 4.79 Å². The van der Waals surface area contributed by atoms with Crippen LogP contribution in [0.1, 0.15) is 16.7 Å². The zero-order valence-corrected chi connectivity index (χ0v) is 13.1. The zero-order chi connectivity index (χ0) is 15.4. The summed E-state index contributed by atoms with van der Waals surface area (Å²) in [6.07, 6.45) is 0.261. The number of hydrogen-bond acceptors (Lipinski definition) is 2. The van der Waals surface area contributed by atoms with Crippen LogP contribution in [0.4, 0.5) is 5.69 Å². The molecule has 1 amide bonds. The van der Waals surface area contributed by atoms with E-state index in [-0.39, 0.29) is 12.3 Å². The van der Waals surface area contributed by atoms with Crippen molar-refractivity contribution in [3.05, 3.63) is 64.2 Å². The average Bonchev–Trinajstić information content (AvgIpc) is 2.41. The second kappa shape index (κ2) is 6.70. The van der Waals surface area contributed by atoms with E-state index in [0.717, 1.165) is 16.7 Å². The molecule has 0 aromatic heterocycles. The summed E-state index contributed by atoms with van der Waals surface area (Å²) in [7, 11) is 0. The fraction of sp³-hybridized carbons (Fsp3) is 0.125. The lowest BCUT2D eigenvalue weighted by atomic mass is 10.1. The summed E-state index contributed by atoms with van der Waals surface area (Å²) >= 11 is 10.9. The number of rotatable bonds is 4. The third-order valence-electron chi connectivity index (χ3n) is 3.05. The van der Waals surface area contributed by atoms with Gasteiger partial charge in [-0.2, -0.15) is 0 Å². The number of halogens is 1. The molecule has 0 radical (unpaired) electrons. The van der Waals surface area contributed by atoms with Crippen LogP contribution in [0, 0.1) is 6.92 Å². The summed E-state index contributed by atoms with van der Waals surface area (Å²) in [5.41, 5.74) is 8.87. The van der Waals surface area contributed by atoms with Crippen molar-refractivity contribution in [3.8, 4) is 0 Å². The topological polar surface area (TPSA) is 55.1 Å². The van der Waals surface area contributed by atoms with Crippen molar-refractivity contribution in [1.82, 2.24) is 0 Å². The standard InChI is InChI=1S/C16H15ClN2OS/c1-10-5-6-12(16(18)21)9-14(10)19-15(20)8-11-3-2-4-13(17)7-11/h2-7,9H,8H2,1H3,(H2,18,21)(H,19,20). The summed E-state index contributed by atoms with van der Waals surface area (Å²) in [6.45, 7) is 1.92. The first-order chi connectivity index (χ1) is 9.95. The number of hydrogen-bond donors (Lipinski definition) is 2. The Balaban J connectivity index is 2.12. The molecule has 0 atom stereocenters. The molecule has 0 fully saturated rings. The number of carbonyl (C=O) groups is 1. The normalized spacial score (nSPS) is 10.2. The van der Waals surface area contributed by atoms with E-state index < -0.39 is 0 Å². The van der Waals surface area contributed by atoms with Gasteiger partial charge >= 0.3 is 0 Å². The number of nitrogens with one attached hydrogen (secondary N) is 1. The minimum Gasteiger partial charge on any atom is -0.389 e. The van der Waals surface area contributed by atoms with Crippen molar-refractivity contribution in [2.75, 3.05) is 5.32 Å². The fourth-order valence-corrected chi connectivity index (χ4v) is 2.28. The summed E-state index contributed by atoms with van der Waals surface area (Å²) in [6, 6.07) is 12.7. The molecule has 0 saturated carbocycles. The molecule has 0 aliphatic heterocycles. The van der Waals surface area contributed by atoms with Crippen LogP contribution in [-0.4, -0.2) is 10.9 Å². The lowest BCUT2D eigenvalue weighted by Crippen LogP contribution is -2.16. The van der Waals surface area contributed by atoms with Crippen LogP contribution in [0.2, 0.25) is 5.02 Å². The van der Waals surface area contributed by atoms with E-state index in [0.29, 0.717) is 15.7 Å². The highest BCUT2D eigenvalue weighted by atomic mass is 35.5. The van der Waals surface area contributed by atoms with Gasteiger partial charge in [0.25, 0.3) is 0 Å². The van der Waals surface area contributed by atoms with E-state index in [4.69, 9.17) is 29.6 Å². The smallest absolute Gasteiger partial charge is 0.228 e. The Hall–Kier alpha value is -1.91. The number of aryl methyl sites for hydroxylation is 1. The van der Waals surface area contributed by atoms with E-state index >= 15 is 0 Å². The molecule has 0 unspecified atom stereocenters. The maximum Gasteiger partial charge on any atom is 0.228 e. The Labute approximate surface area is 134 Å². The van der Waals surface area contributed by atoms with Crippen LogP contribution in [0.5, 0.6) is 0 Å². The molecule has 2 aromatic carbocycles. The second-order valence-corrected chi connectivity index (χ2v) is 5.63. The highest BCUT2D eigenvalue weighted by Gasteiger charge is 2.08. The van der Waals surface area contributed by atoms with Crippen LogP contribution in [0.15, 0.2) is 42.5 Å². The van der Waals surface area contributed by atoms with E-state index in [1.54, 1.807) is 18.2 Å². The molecule has 108 valence electrons. The van der Waals surface area contributed by atoms with Gasteiger partial charge in [-0.15, -0.1) is 0 Å². The Bertz CT molecular complexity index is 700. The fourth-order valence-electron chi connectivity index (χ4n) is 1.94. The minimum absolute atomic E-state index is 0.111. The van der Waals surface area contributed by atoms with Crippen LogP contribution >= 0.6 is 23.8 Å². The van der Waals surface area contributed by atoms with E-state index in [1.807, 2.05) is 31.2 Å². The van der Waals surface area contributed by atoms with Gasteiger partial charge in [0.15, 0.2) is 0 Å². The first-order valence-electron chi connectivity index (χ1n) is 6.40. The maximum absolute atomic E-state index is 12.1. The number of anilines is 1. The minimum atomic E-state index is -0.111. The molecule has 0 saturated heterocycles. The molecule has 3 N–H and O–H groups in total. The molecule has 0 bridgehead atoms. The Morgan fingerprint density at radius 2 is 2.05 bits per heavy atom. The van der Waals surface area contributed by atoms with Crippen LogP contribution in [-0.2, 0) is 11.2 Å². The molecule has 21 heavy (non-hydrogen) atoms. The van der Waals surface area contributed by atoms with E-state index in [2.05, 4.69) is 5.32 Å². The van der Waals surface area contributed by atoms with Gasteiger partial charge in [-0.1, -0.05) is 48.1 Å². The number of amides is 1. The molecule has 0 aliphatic carbocycles. The van der Waals surface area contributed by atoms with Crippen LogP contribution < -0.4 is 11.1 Å². The Kier molecular flexibility index (Phi) is 4.94. The molecular formula is C16H15ClN2OS. The molecule has 0 spiro atoms. The zero-order valence-electron chi connectivity index (χ0n) is 11.5. The highest BCUT2D eigenvalue weighted by Crippen LogP contribution is 2.18. The predicted octanol–water partition coefficient (Wildman–Crippen LogP) is 3.46. The summed E-state index contributed by atoms with van der Waals surface area (Å²) in [4.78, 5) is 12.4. The van der Waals surface area contributed by atoms with Gasteiger partial charge in [0, 0.05) is 16.3 Å². The van der Waals surface area contributed by atoms with Gasteiger partial charge in [0.2, 0.25) is 5.91 Å². The Morgan fingerprint density at radius 1 is 1.29 bits per heavy atom. The largest absolute Gasteiger partial charge is 0.389 e. The summed E-state index contributed by atoms with van der Waals surface area (Å²) in [5, 5.41) is 3.49. The average molecular weight is 319 g/mol. The van der Waals surface area contributed by atoms with Crippen molar-refractivity contribution in [2.45, 2.75) is 13.3 Å². The summed E-state index contributed by atoms with van der Waals surface area (Å²) in [5.74, 6) is -0.111. The molecule has 0 aliphatic rings. The maximum atomic E-state index is 12.1. The van der Waals surface area contributed by atoms with Crippen molar-refractivity contribution in [3.63, 3.8) is 0 Å². The lowest BCUT2D eigenvalue weighted by Gasteiger charge is -2.10. The number of carbonyl (C=O) groups excluding carboxylic acids is 1. The van der Waals surface area contributed by atoms with Crippen molar-refractivity contribution >= 4 is 40.4 Å². The van der Waals surface area contributed by atoms with Crippen molar-refractivity contribution in [1.29, 1.82) is 0 Å². The molecule has 2 rings (SSSR count). The lowest BCUT2D eigenvalue weighted by molar-refractivity contribution is -0.115. The first-order valence-corrected chi connectivity index (χ1v) is 7.19. The van der Waals surface area contributed by atoms with Crippen LogP contribution in [0.3, 0.4) is 0 Å². The highest BCUT2D eigenvalue weighted by molar-refractivity contribution is 7.80. The van der Waals surface area contributed by atoms with Gasteiger partial charge in [0.1, 0.15) is 4.99 Å². The number of nitrogens with two attached hydrogens (primary N) is 1. The molecule has 3 nitrogen and oxygen atoms in total. The SMILES string of the molecule is Cc1ccc(C(N)=S)cc1NC(=O)Cc1cccc(Cl)c1. The first kappa shape index (κ1) is 15.5. The molecule has 2 aromatic rings.